The van der Waals surface area contributed by atoms with Crippen LogP contribution in [0.25, 0.3) is 0 Å². The number of likely N-dealkylation sites (tertiary alicyclic amines) is 1. The van der Waals surface area contributed by atoms with Crippen LogP contribution in [-0.4, -0.2) is 65.2 Å². The van der Waals surface area contributed by atoms with Crippen LogP contribution in [0.5, 0.6) is 0 Å². The molecule has 0 radical (unpaired) electrons. The van der Waals surface area contributed by atoms with Gasteiger partial charge in [0.1, 0.15) is 6.04 Å². The summed E-state index contributed by atoms with van der Waals surface area (Å²) >= 11 is 0. The molecule has 2 aliphatic heterocycles. The third kappa shape index (κ3) is 1.97. The topological polar surface area (TPSA) is 72.9 Å². The molecule has 2 N–H and O–H groups in total. The summed E-state index contributed by atoms with van der Waals surface area (Å²) < 4.78 is 0. The van der Waals surface area contributed by atoms with Crippen LogP contribution in [-0.2, 0) is 4.79 Å². The molecule has 2 rings (SSSR count). The third-order valence-corrected chi connectivity index (χ3v) is 3.28. The molecule has 2 saturated heterocycles. The van der Waals surface area contributed by atoms with Gasteiger partial charge in [0.2, 0.25) is 5.91 Å². The number of rotatable bonds is 1. The smallest absolute Gasteiger partial charge is 0.407 e. The van der Waals surface area contributed by atoms with E-state index in [4.69, 9.17) is 5.11 Å². The molecule has 0 aromatic rings. The van der Waals surface area contributed by atoms with Crippen LogP contribution in [0.4, 0.5) is 4.79 Å². The lowest BCUT2D eigenvalue weighted by Crippen LogP contribution is -2.63. The highest BCUT2D eigenvalue weighted by molar-refractivity contribution is 5.83. The standard InChI is InChI=1S/C10H17N3O3/c1-7-5-11-8(6-13(7)10(15)16)9(14)12-3-2-4-12/h7-8,11H,2-6H2,1H3,(H,15,16)/t7-,8-/m1/s1. The molecule has 0 aliphatic carbocycles. The summed E-state index contributed by atoms with van der Waals surface area (Å²) in [6, 6.07) is -0.439. The minimum Gasteiger partial charge on any atom is -0.465 e. The van der Waals surface area contributed by atoms with Crippen LogP contribution in [0.15, 0.2) is 0 Å². The molecule has 2 aliphatic rings. The summed E-state index contributed by atoms with van der Waals surface area (Å²) in [6.45, 7) is 4.24. The van der Waals surface area contributed by atoms with Crippen molar-refractivity contribution in [3.8, 4) is 0 Å². The highest BCUT2D eigenvalue weighted by atomic mass is 16.4. The Bertz CT molecular complexity index is 304. The quantitative estimate of drug-likeness (QED) is 0.637. The first-order valence-corrected chi connectivity index (χ1v) is 5.61. The van der Waals surface area contributed by atoms with E-state index in [-0.39, 0.29) is 24.5 Å². The van der Waals surface area contributed by atoms with E-state index in [1.165, 1.54) is 4.90 Å². The second-order valence-electron chi connectivity index (χ2n) is 4.42. The molecule has 2 heterocycles. The number of piperazine rings is 1. The maximum Gasteiger partial charge on any atom is 0.407 e. The Hall–Kier alpha value is -1.30. The van der Waals surface area contributed by atoms with Gasteiger partial charge in [0.25, 0.3) is 0 Å². The number of nitrogens with one attached hydrogen (secondary N) is 1. The van der Waals surface area contributed by atoms with Crippen LogP contribution in [0.2, 0.25) is 0 Å². The summed E-state index contributed by atoms with van der Waals surface area (Å²) in [6.07, 6.45) is 0.104. The fraction of sp³-hybridized carbons (Fsp3) is 0.800. The van der Waals surface area contributed by atoms with E-state index in [0.717, 1.165) is 19.5 Å². The highest BCUT2D eigenvalue weighted by Gasteiger charge is 2.35. The molecular formula is C10H17N3O3. The molecule has 2 amide bonds. The van der Waals surface area contributed by atoms with Crippen molar-refractivity contribution in [2.45, 2.75) is 25.4 Å². The highest BCUT2D eigenvalue weighted by Crippen LogP contribution is 2.13. The summed E-state index contributed by atoms with van der Waals surface area (Å²) in [5.41, 5.74) is 0. The van der Waals surface area contributed by atoms with Gasteiger partial charge in [-0.1, -0.05) is 0 Å². The Labute approximate surface area is 94.2 Å². The summed E-state index contributed by atoms with van der Waals surface area (Å²) in [5, 5.41) is 12.1. The van der Waals surface area contributed by atoms with E-state index in [0.29, 0.717) is 6.54 Å². The zero-order chi connectivity index (χ0) is 11.7. The zero-order valence-electron chi connectivity index (χ0n) is 9.35. The SMILES string of the molecule is C[C@@H]1CN[C@@H](C(=O)N2CCC2)CN1C(=O)O. The molecule has 0 aromatic heterocycles. The Morgan fingerprint density at radius 2 is 2.06 bits per heavy atom. The van der Waals surface area contributed by atoms with E-state index in [1.54, 1.807) is 4.90 Å². The molecule has 0 bridgehead atoms. The van der Waals surface area contributed by atoms with Crippen LogP contribution in [0, 0.1) is 0 Å². The number of hydrogen-bond acceptors (Lipinski definition) is 3. The van der Waals surface area contributed by atoms with Gasteiger partial charge in [-0.25, -0.2) is 4.79 Å². The molecule has 6 nitrogen and oxygen atoms in total. The molecule has 0 spiro atoms. The van der Waals surface area contributed by atoms with Crippen molar-refractivity contribution in [1.82, 2.24) is 15.1 Å². The lowest BCUT2D eigenvalue weighted by atomic mass is 10.1. The number of carbonyl (C=O) groups is 2. The number of carbonyl (C=O) groups excluding carboxylic acids is 1. The number of nitrogens with zero attached hydrogens (tertiary/aromatic N) is 2. The third-order valence-electron chi connectivity index (χ3n) is 3.28. The minimum atomic E-state index is -0.949. The predicted molar refractivity (Wildman–Crippen MR) is 57.2 cm³/mol. The van der Waals surface area contributed by atoms with Gasteiger partial charge in [-0.05, 0) is 13.3 Å². The maximum atomic E-state index is 11.9. The maximum absolute atomic E-state index is 11.9. The van der Waals surface area contributed by atoms with Crippen molar-refractivity contribution < 1.29 is 14.7 Å². The molecule has 0 aromatic carbocycles. The Kier molecular flexibility index (Phi) is 3.00. The van der Waals surface area contributed by atoms with E-state index < -0.39 is 6.09 Å². The number of carboxylic acid groups (broad SMARTS) is 1. The molecule has 0 saturated carbocycles. The molecule has 16 heavy (non-hydrogen) atoms. The van der Waals surface area contributed by atoms with Crippen LogP contribution in [0.1, 0.15) is 13.3 Å². The van der Waals surface area contributed by atoms with Crippen molar-refractivity contribution in [3.05, 3.63) is 0 Å². The summed E-state index contributed by atoms with van der Waals surface area (Å²) in [7, 11) is 0. The van der Waals surface area contributed by atoms with E-state index in [9.17, 15) is 9.59 Å². The Morgan fingerprint density at radius 3 is 2.56 bits per heavy atom. The van der Waals surface area contributed by atoms with E-state index >= 15 is 0 Å². The fourth-order valence-corrected chi connectivity index (χ4v) is 2.05. The number of hydrogen-bond donors (Lipinski definition) is 2. The molecule has 2 fully saturated rings. The molecule has 90 valence electrons. The van der Waals surface area contributed by atoms with Gasteiger partial charge in [-0.3, -0.25) is 4.79 Å². The van der Waals surface area contributed by atoms with E-state index in [1.807, 2.05) is 6.92 Å². The average molecular weight is 227 g/mol. The number of amides is 2. The zero-order valence-corrected chi connectivity index (χ0v) is 9.35. The van der Waals surface area contributed by atoms with Crippen molar-refractivity contribution in [2.75, 3.05) is 26.2 Å². The largest absolute Gasteiger partial charge is 0.465 e. The predicted octanol–water partition coefficient (Wildman–Crippen LogP) is -0.441. The van der Waals surface area contributed by atoms with Gasteiger partial charge in [-0.15, -0.1) is 0 Å². The molecule has 6 heteroatoms. The van der Waals surface area contributed by atoms with Crippen LogP contribution < -0.4 is 5.32 Å². The van der Waals surface area contributed by atoms with Crippen molar-refractivity contribution in [3.63, 3.8) is 0 Å². The van der Waals surface area contributed by atoms with Gasteiger partial charge >= 0.3 is 6.09 Å². The van der Waals surface area contributed by atoms with Gasteiger partial charge in [0.05, 0.1) is 0 Å². The average Bonchev–Trinajstić information content (AvgIpc) is 2.15. The van der Waals surface area contributed by atoms with Crippen LogP contribution in [0.3, 0.4) is 0 Å². The van der Waals surface area contributed by atoms with E-state index in [2.05, 4.69) is 5.32 Å². The first-order chi connectivity index (χ1) is 7.59. The molecule has 2 atom stereocenters. The fourth-order valence-electron chi connectivity index (χ4n) is 2.05. The first-order valence-electron chi connectivity index (χ1n) is 5.61. The van der Waals surface area contributed by atoms with Crippen molar-refractivity contribution in [2.24, 2.45) is 0 Å². The second-order valence-corrected chi connectivity index (χ2v) is 4.42. The lowest BCUT2D eigenvalue weighted by Gasteiger charge is -2.40. The van der Waals surface area contributed by atoms with Gasteiger partial charge in [0.15, 0.2) is 0 Å². The Balaban J connectivity index is 1.96. The van der Waals surface area contributed by atoms with Gasteiger partial charge in [0, 0.05) is 32.2 Å². The van der Waals surface area contributed by atoms with Crippen molar-refractivity contribution in [1.29, 1.82) is 0 Å². The van der Waals surface area contributed by atoms with Gasteiger partial charge < -0.3 is 20.2 Å². The summed E-state index contributed by atoms with van der Waals surface area (Å²) in [4.78, 5) is 26.0. The van der Waals surface area contributed by atoms with Crippen molar-refractivity contribution >= 4 is 12.0 Å². The first kappa shape index (κ1) is 11.2. The van der Waals surface area contributed by atoms with Gasteiger partial charge in [-0.2, -0.15) is 0 Å². The minimum absolute atomic E-state index is 0.0319. The summed E-state index contributed by atoms with van der Waals surface area (Å²) in [5.74, 6) is 0.0319. The van der Waals surface area contributed by atoms with Crippen LogP contribution >= 0.6 is 0 Å². The second kappa shape index (κ2) is 4.29. The molecular weight excluding hydrogens is 210 g/mol. The lowest BCUT2D eigenvalue weighted by molar-refractivity contribution is -0.138. The molecule has 0 unspecified atom stereocenters. The normalized spacial score (nSPS) is 29.8. The Morgan fingerprint density at radius 1 is 1.38 bits per heavy atom. The monoisotopic (exact) mass is 227 g/mol.